The molecule has 3 fully saturated rings. The molecular weight excluding hydrogens is 556 g/mol. The highest BCUT2D eigenvalue weighted by molar-refractivity contribution is 6.35. The number of rotatable bonds is 8. The quantitative estimate of drug-likeness (QED) is 0.381. The summed E-state index contributed by atoms with van der Waals surface area (Å²) in [7, 11) is 0. The Bertz CT molecular complexity index is 1270. The summed E-state index contributed by atoms with van der Waals surface area (Å²) in [6.07, 6.45) is 1.68. The van der Waals surface area contributed by atoms with E-state index in [-0.39, 0.29) is 35.4 Å². The molecule has 1 aliphatic carbocycles. The van der Waals surface area contributed by atoms with Gasteiger partial charge < -0.3 is 14.7 Å². The standard InChI is InChI=1S/C28H29Cl2F3N2O4/c29-21-10-22(30)24(33)7-17(21)12-34-5-3-15(4-6-34)14-39-26-11-23(32)20(9-19(26)16-1-2-16)27(36)35-13-18(31)8-25(35)28(37)38/h7,9-11,15-16,18,25H,1-6,8,12-14H2,(H,37,38)/t18-,25+/m1/s1. The van der Waals surface area contributed by atoms with Crippen molar-refractivity contribution in [1.29, 1.82) is 0 Å². The Morgan fingerprint density at radius 3 is 2.38 bits per heavy atom. The van der Waals surface area contributed by atoms with Crippen molar-refractivity contribution < 1.29 is 32.6 Å². The maximum atomic E-state index is 15.1. The molecule has 1 N–H and O–H groups in total. The lowest BCUT2D eigenvalue weighted by Gasteiger charge is -2.32. The van der Waals surface area contributed by atoms with Gasteiger partial charge in [0.15, 0.2) is 0 Å². The van der Waals surface area contributed by atoms with E-state index >= 15 is 4.39 Å². The minimum Gasteiger partial charge on any atom is -0.493 e. The predicted molar refractivity (Wildman–Crippen MR) is 140 cm³/mol. The Morgan fingerprint density at radius 2 is 1.72 bits per heavy atom. The van der Waals surface area contributed by atoms with E-state index in [1.54, 1.807) is 0 Å². The van der Waals surface area contributed by atoms with Crippen LogP contribution in [-0.2, 0) is 11.3 Å². The molecule has 0 unspecified atom stereocenters. The molecule has 3 aliphatic rings. The van der Waals surface area contributed by atoms with Gasteiger partial charge in [0, 0.05) is 24.1 Å². The van der Waals surface area contributed by atoms with Crippen molar-refractivity contribution in [1.82, 2.24) is 9.80 Å². The molecule has 39 heavy (non-hydrogen) atoms. The number of halogens is 5. The maximum Gasteiger partial charge on any atom is 0.326 e. The second-order valence-corrected chi connectivity index (χ2v) is 11.5. The fourth-order valence-electron chi connectivity index (χ4n) is 5.42. The van der Waals surface area contributed by atoms with Gasteiger partial charge >= 0.3 is 5.97 Å². The predicted octanol–water partition coefficient (Wildman–Crippen LogP) is 6.08. The number of piperidine rings is 1. The Labute approximate surface area is 234 Å². The summed E-state index contributed by atoms with van der Waals surface area (Å²) in [6, 6.07) is 4.12. The minimum absolute atomic E-state index is 0.00657. The number of hydrogen-bond acceptors (Lipinski definition) is 4. The van der Waals surface area contributed by atoms with Gasteiger partial charge in [-0.15, -0.1) is 0 Å². The largest absolute Gasteiger partial charge is 0.493 e. The van der Waals surface area contributed by atoms with Gasteiger partial charge in [0.2, 0.25) is 0 Å². The number of carbonyl (C=O) groups excluding carboxylic acids is 1. The first kappa shape index (κ1) is 28.1. The number of ether oxygens (including phenoxy) is 1. The summed E-state index contributed by atoms with van der Waals surface area (Å²) in [5.74, 6) is -2.68. The SMILES string of the molecule is O=C(O)[C@@H]1C[C@@H](F)CN1C(=O)c1cc(C2CC2)c(OCC2CCN(Cc3cc(F)c(Cl)cc3Cl)CC2)cc1F. The second kappa shape index (κ2) is 11.6. The minimum atomic E-state index is -1.46. The lowest BCUT2D eigenvalue weighted by molar-refractivity contribution is -0.141. The van der Waals surface area contributed by atoms with E-state index in [4.69, 9.17) is 27.9 Å². The molecule has 2 saturated heterocycles. The fourth-order valence-corrected chi connectivity index (χ4v) is 5.86. The fraction of sp³-hybridized carbons (Fsp3) is 0.500. The maximum absolute atomic E-state index is 15.1. The third kappa shape index (κ3) is 6.31. The molecule has 0 bridgehead atoms. The van der Waals surface area contributed by atoms with Gasteiger partial charge in [0.25, 0.3) is 5.91 Å². The molecule has 5 rings (SSSR count). The average Bonchev–Trinajstić information content (AvgIpc) is 3.66. The number of carboxylic acid groups (broad SMARTS) is 1. The zero-order valence-electron chi connectivity index (χ0n) is 21.1. The second-order valence-electron chi connectivity index (χ2n) is 10.7. The molecule has 2 aromatic rings. The van der Waals surface area contributed by atoms with Crippen LogP contribution in [0.5, 0.6) is 5.75 Å². The molecule has 11 heteroatoms. The molecule has 0 radical (unpaired) electrons. The number of carbonyl (C=O) groups is 2. The number of amides is 1. The van der Waals surface area contributed by atoms with Crippen LogP contribution in [-0.4, -0.2) is 65.2 Å². The van der Waals surface area contributed by atoms with Crippen LogP contribution in [0, 0.1) is 17.6 Å². The number of likely N-dealkylation sites (tertiary alicyclic amines) is 2. The van der Waals surface area contributed by atoms with Gasteiger partial charge in [-0.1, -0.05) is 23.2 Å². The van der Waals surface area contributed by atoms with Gasteiger partial charge in [0.1, 0.15) is 29.6 Å². The number of hydrogen-bond donors (Lipinski definition) is 1. The van der Waals surface area contributed by atoms with E-state index in [2.05, 4.69) is 4.90 Å². The summed E-state index contributed by atoms with van der Waals surface area (Å²) in [4.78, 5) is 27.6. The molecule has 6 nitrogen and oxygen atoms in total. The Balaban J connectivity index is 1.21. The molecule has 1 saturated carbocycles. The Hall–Kier alpha value is -2.49. The van der Waals surface area contributed by atoms with Crippen molar-refractivity contribution in [2.75, 3.05) is 26.2 Å². The van der Waals surface area contributed by atoms with Crippen molar-refractivity contribution in [3.8, 4) is 5.75 Å². The van der Waals surface area contributed by atoms with Gasteiger partial charge in [-0.05, 0) is 79.9 Å². The van der Waals surface area contributed by atoms with Crippen LogP contribution < -0.4 is 4.74 Å². The number of carboxylic acids is 1. The molecule has 0 spiro atoms. The smallest absolute Gasteiger partial charge is 0.326 e. The molecule has 1 amide bonds. The van der Waals surface area contributed by atoms with Crippen LogP contribution in [0.15, 0.2) is 24.3 Å². The molecule has 2 aromatic carbocycles. The molecule has 2 heterocycles. The van der Waals surface area contributed by atoms with Gasteiger partial charge in [-0.3, -0.25) is 9.69 Å². The van der Waals surface area contributed by atoms with Crippen molar-refractivity contribution in [2.24, 2.45) is 5.92 Å². The molecular formula is C28H29Cl2F3N2O4. The normalized spacial score (nSPS) is 22.3. The number of aliphatic carboxylic acids is 1. The summed E-state index contributed by atoms with van der Waals surface area (Å²) < 4.78 is 49.0. The van der Waals surface area contributed by atoms with E-state index in [0.717, 1.165) is 49.2 Å². The average molecular weight is 585 g/mol. The van der Waals surface area contributed by atoms with E-state index < -0.39 is 35.7 Å². The first-order valence-electron chi connectivity index (χ1n) is 13.1. The van der Waals surface area contributed by atoms with Crippen LogP contribution in [0.2, 0.25) is 10.0 Å². The highest BCUT2D eigenvalue weighted by Gasteiger charge is 2.41. The van der Waals surface area contributed by atoms with Gasteiger partial charge in [0.05, 0.1) is 23.7 Å². The zero-order valence-corrected chi connectivity index (χ0v) is 22.7. The topological polar surface area (TPSA) is 70.1 Å². The number of nitrogens with zero attached hydrogens (tertiary/aromatic N) is 2. The monoisotopic (exact) mass is 584 g/mol. The number of alkyl halides is 1. The van der Waals surface area contributed by atoms with E-state index in [0.29, 0.717) is 29.5 Å². The molecule has 2 atom stereocenters. The van der Waals surface area contributed by atoms with Crippen LogP contribution >= 0.6 is 23.2 Å². The van der Waals surface area contributed by atoms with Crippen LogP contribution in [0.4, 0.5) is 13.2 Å². The lowest BCUT2D eigenvalue weighted by atomic mass is 9.97. The third-order valence-electron chi connectivity index (χ3n) is 7.81. The highest BCUT2D eigenvalue weighted by atomic mass is 35.5. The van der Waals surface area contributed by atoms with Crippen molar-refractivity contribution in [3.05, 3.63) is 62.6 Å². The molecule has 210 valence electrons. The van der Waals surface area contributed by atoms with E-state index in [1.165, 1.54) is 24.3 Å². The summed E-state index contributed by atoms with van der Waals surface area (Å²) in [5.41, 5.74) is 1.15. The number of benzene rings is 2. The third-order valence-corrected chi connectivity index (χ3v) is 8.45. The van der Waals surface area contributed by atoms with Crippen molar-refractivity contribution in [2.45, 2.75) is 56.8 Å². The molecule has 2 aliphatic heterocycles. The van der Waals surface area contributed by atoms with Crippen molar-refractivity contribution in [3.63, 3.8) is 0 Å². The first-order valence-corrected chi connectivity index (χ1v) is 13.9. The van der Waals surface area contributed by atoms with E-state index in [9.17, 15) is 23.5 Å². The van der Waals surface area contributed by atoms with Crippen LogP contribution in [0.3, 0.4) is 0 Å². The van der Waals surface area contributed by atoms with Gasteiger partial charge in [-0.2, -0.15) is 0 Å². The first-order chi connectivity index (χ1) is 18.6. The zero-order chi connectivity index (χ0) is 27.8. The van der Waals surface area contributed by atoms with E-state index in [1.807, 2.05) is 0 Å². The van der Waals surface area contributed by atoms with Gasteiger partial charge in [-0.25, -0.2) is 18.0 Å². The van der Waals surface area contributed by atoms with Crippen LogP contribution in [0.25, 0.3) is 0 Å². The Kier molecular flexibility index (Phi) is 8.31. The highest BCUT2D eigenvalue weighted by Crippen LogP contribution is 2.45. The van der Waals surface area contributed by atoms with Crippen LogP contribution in [0.1, 0.15) is 59.5 Å². The van der Waals surface area contributed by atoms with Crippen molar-refractivity contribution >= 4 is 35.1 Å². The Morgan fingerprint density at radius 1 is 1.00 bits per heavy atom. The summed E-state index contributed by atoms with van der Waals surface area (Å²) >= 11 is 12.0. The lowest BCUT2D eigenvalue weighted by Crippen LogP contribution is -2.41. The molecule has 0 aromatic heterocycles. The summed E-state index contributed by atoms with van der Waals surface area (Å²) in [6.45, 7) is 2.05. The summed E-state index contributed by atoms with van der Waals surface area (Å²) in [5, 5.41) is 9.80.